The third-order valence-electron chi connectivity index (χ3n) is 2.70. The van der Waals surface area contributed by atoms with Crippen LogP contribution in [0.1, 0.15) is 25.5 Å². The van der Waals surface area contributed by atoms with Crippen LogP contribution in [0.5, 0.6) is 0 Å². The maximum absolute atomic E-state index is 11.4. The molecule has 0 heterocycles. The van der Waals surface area contributed by atoms with Crippen molar-refractivity contribution in [3.63, 3.8) is 0 Å². The summed E-state index contributed by atoms with van der Waals surface area (Å²) in [6, 6.07) is 7.73. The van der Waals surface area contributed by atoms with Crippen LogP contribution in [0.3, 0.4) is 0 Å². The van der Waals surface area contributed by atoms with Crippen molar-refractivity contribution >= 4 is 17.6 Å². The highest BCUT2D eigenvalue weighted by Crippen LogP contribution is 2.25. The molecule has 0 saturated heterocycles. The second kappa shape index (κ2) is 6.62. The molecule has 0 aliphatic carbocycles. The Morgan fingerprint density at radius 1 is 1.47 bits per heavy atom. The van der Waals surface area contributed by atoms with E-state index in [-0.39, 0.29) is 18.6 Å². The van der Waals surface area contributed by atoms with Gasteiger partial charge in [-0.2, -0.15) is 0 Å². The van der Waals surface area contributed by atoms with Crippen LogP contribution in [0.25, 0.3) is 0 Å². The molecule has 1 atom stereocenters. The first-order valence-corrected chi connectivity index (χ1v) is 6.04. The average Bonchev–Trinajstić information content (AvgIpc) is 2.29. The van der Waals surface area contributed by atoms with Gasteiger partial charge >= 0.3 is 5.97 Å². The highest BCUT2D eigenvalue weighted by atomic mass is 35.5. The van der Waals surface area contributed by atoms with Gasteiger partial charge in [0, 0.05) is 11.1 Å². The third kappa shape index (κ3) is 4.02. The Morgan fingerprint density at radius 3 is 2.71 bits per heavy atom. The summed E-state index contributed by atoms with van der Waals surface area (Å²) >= 11 is 6.12. The van der Waals surface area contributed by atoms with Gasteiger partial charge in [0.2, 0.25) is 0 Å². The Labute approximate surface area is 107 Å². The Bertz CT molecular complexity index is 381. The minimum atomic E-state index is -0.214. The molecular weight excluding hydrogens is 238 g/mol. The number of nitrogens with zero attached hydrogens (tertiary/aromatic N) is 1. The monoisotopic (exact) mass is 255 g/mol. The molecule has 0 radical (unpaired) electrons. The fourth-order valence-electron chi connectivity index (χ4n) is 1.60. The summed E-state index contributed by atoms with van der Waals surface area (Å²) in [4.78, 5) is 13.3. The standard InChI is InChI=1S/C13H18ClNO2/c1-4-17-13(16)9-15(3)10(2)11-7-5-6-8-12(11)14/h5-8,10H,4,9H2,1-3H3. The molecule has 0 saturated carbocycles. The maximum Gasteiger partial charge on any atom is 0.320 e. The number of likely N-dealkylation sites (N-methyl/N-ethyl adjacent to an activating group) is 1. The van der Waals surface area contributed by atoms with E-state index in [1.165, 1.54) is 0 Å². The molecule has 0 fully saturated rings. The maximum atomic E-state index is 11.4. The van der Waals surface area contributed by atoms with Crippen LogP contribution in [0, 0.1) is 0 Å². The molecule has 1 aromatic rings. The van der Waals surface area contributed by atoms with Crippen molar-refractivity contribution in [2.75, 3.05) is 20.2 Å². The SMILES string of the molecule is CCOC(=O)CN(C)C(C)c1ccccc1Cl. The van der Waals surface area contributed by atoms with Gasteiger partial charge in [-0.1, -0.05) is 29.8 Å². The van der Waals surface area contributed by atoms with Gasteiger partial charge in [0.25, 0.3) is 0 Å². The normalized spacial score (nSPS) is 12.5. The average molecular weight is 256 g/mol. The summed E-state index contributed by atoms with van der Waals surface area (Å²) in [7, 11) is 1.88. The van der Waals surface area contributed by atoms with E-state index in [9.17, 15) is 4.79 Å². The second-order valence-electron chi connectivity index (χ2n) is 3.92. The molecule has 0 bridgehead atoms. The lowest BCUT2D eigenvalue weighted by molar-refractivity contribution is -0.144. The molecule has 4 heteroatoms. The van der Waals surface area contributed by atoms with Crippen molar-refractivity contribution in [2.45, 2.75) is 19.9 Å². The number of ether oxygens (including phenoxy) is 1. The van der Waals surface area contributed by atoms with Crippen LogP contribution in [0.4, 0.5) is 0 Å². The van der Waals surface area contributed by atoms with Crippen molar-refractivity contribution < 1.29 is 9.53 Å². The number of hydrogen-bond donors (Lipinski definition) is 0. The first-order chi connectivity index (χ1) is 8.06. The van der Waals surface area contributed by atoms with Crippen molar-refractivity contribution in [3.05, 3.63) is 34.9 Å². The summed E-state index contributed by atoms with van der Waals surface area (Å²) in [5, 5.41) is 0.718. The number of benzene rings is 1. The zero-order chi connectivity index (χ0) is 12.8. The number of carbonyl (C=O) groups excluding carboxylic acids is 1. The van der Waals surface area contributed by atoms with E-state index in [1.54, 1.807) is 6.92 Å². The van der Waals surface area contributed by atoms with Crippen LogP contribution in [-0.4, -0.2) is 31.1 Å². The van der Waals surface area contributed by atoms with Crippen LogP contribution in [-0.2, 0) is 9.53 Å². The van der Waals surface area contributed by atoms with Gasteiger partial charge in [-0.15, -0.1) is 0 Å². The molecule has 1 aromatic carbocycles. The Morgan fingerprint density at radius 2 is 2.12 bits per heavy atom. The summed E-state index contributed by atoms with van der Waals surface area (Å²) in [5.74, 6) is -0.214. The summed E-state index contributed by atoms with van der Waals surface area (Å²) < 4.78 is 4.92. The molecule has 0 aromatic heterocycles. The molecule has 0 aliphatic rings. The van der Waals surface area contributed by atoms with E-state index in [0.29, 0.717) is 6.61 Å². The first-order valence-electron chi connectivity index (χ1n) is 5.66. The molecule has 0 spiro atoms. The van der Waals surface area contributed by atoms with Crippen LogP contribution in [0.2, 0.25) is 5.02 Å². The molecule has 0 aliphatic heterocycles. The number of carbonyl (C=O) groups is 1. The van der Waals surface area contributed by atoms with Gasteiger partial charge < -0.3 is 4.74 Å². The summed E-state index contributed by atoms with van der Waals surface area (Å²) in [6.07, 6.45) is 0. The Balaban J connectivity index is 2.67. The smallest absolute Gasteiger partial charge is 0.320 e. The second-order valence-corrected chi connectivity index (χ2v) is 4.32. The quantitative estimate of drug-likeness (QED) is 0.758. The predicted octanol–water partition coefficient (Wildman–Crippen LogP) is 2.90. The largest absolute Gasteiger partial charge is 0.465 e. The number of halogens is 1. The zero-order valence-corrected chi connectivity index (χ0v) is 11.2. The highest BCUT2D eigenvalue weighted by molar-refractivity contribution is 6.31. The van der Waals surface area contributed by atoms with Crippen molar-refractivity contribution in [1.82, 2.24) is 4.90 Å². The molecule has 17 heavy (non-hydrogen) atoms. The molecule has 3 nitrogen and oxygen atoms in total. The van der Waals surface area contributed by atoms with Gasteiger partial charge in [0.05, 0.1) is 13.2 Å². The van der Waals surface area contributed by atoms with Crippen LogP contribution < -0.4 is 0 Å². The van der Waals surface area contributed by atoms with Gasteiger partial charge in [-0.3, -0.25) is 9.69 Å². The van der Waals surface area contributed by atoms with Crippen LogP contribution >= 0.6 is 11.6 Å². The number of esters is 1. The minimum Gasteiger partial charge on any atom is -0.465 e. The van der Waals surface area contributed by atoms with Gasteiger partial charge in [-0.25, -0.2) is 0 Å². The highest BCUT2D eigenvalue weighted by Gasteiger charge is 2.17. The van der Waals surface area contributed by atoms with E-state index < -0.39 is 0 Å². The lowest BCUT2D eigenvalue weighted by Gasteiger charge is -2.24. The first kappa shape index (κ1) is 14.0. The molecule has 1 unspecified atom stereocenters. The molecular formula is C13H18ClNO2. The third-order valence-corrected chi connectivity index (χ3v) is 3.04. The lowest BCUT2D eigenvalue weighted by atomic mass is 10.1. The number of rotatable bonds is 5. The minimum absolute atomic E-state index is 0.0770. The van der Waals surface area contributed by atoms with Crippen molar-refractivity contribution in [1.29, 1.82) is 0 Å². The Kier molecular flexibility index (Phi) is 5.45. The van der Waals surface area contributed by atoms with Crippen molar-refractivity contribution in [2.24, 2.45) is 0 Å². The molecule has 0 amide bonds. The molecule has 94 valence electrons. The number of hydrogen-bond acceptors (Lipinski definition) is 3. The van der Waals surface area contributed by atoms with E-state index in [0.717, 1.165) is 10.6 Å². The van der Waals surface area contributed by atoms with E-state index in [4.69, 9.17) is 16.3 Å². The van der Waals surface area contributed by atoms with E-state index >= 15 is 0 Å². The van der Waals surface area contributed by atoms with Crippen molar-refractivity contribution in [3.8, 4) is 0 Å². The fourth-order valence-corrected chi connectivity index (χ4v) is 1.89. The lowest BCUT2D eigenvalue weighted by Crippen LogP contribution is -2.30. The van der Waals surface area contributed by atoms with Gasteiger partial charge in [0.1, 0.15) is 0 Å². The summed E-state index contributed by atoms with van der Waals surface area (Å²) in [6.45, 7) is 4.49. The molecule has 1 rings (SSSR count). The van der Waals surface area contributed by atoms with E-state index in [1.807, 2.05) is 43.1 Å². The molecule has 0 N–H and O–H groups in total. The van der Waals surface area contributed by atoms with Crippen LogP contribution in [0.15, 0.2) is 24.3 Å². The zero-order valence-electron chi connectivity index (χ0n) is 10.4. The van der Waals surface area contributed by atoms with Gasteiger partial charge in [-0.05, 0) is 32.5 Å². The fraction of sp³-hybridized carbons (Fsp3) is 0.462. The summed E-state index contributed by atoms with van der Waals surface area (Å²) in [5.41, 5.74) is 1.01. The van der Waals surface area contributed by atoms with E-state index in [2.05, 4.69) is 0 Å². The topological polar surface area (TPSA) is 29.5 Å². The predicted molar refractivity (Wildman–Crippen MR) is 69.1 cm³/mol. The Hall–Kier alpha value is -1.06. The van der Waals surface area contributed by atoms with Gasteiger partial charge in [0.15, 0.2) is 0 Å².